The Balaban J connectivity index is 2.20. The summed E-state index contributed by atoms with van der Waals surface area (Å²) in [5.74, 6) is 0.241. The average molecular weight is 291 g/mol. The molecule has 1 saturated heterocycles. The van der Waals surface area contributed by atoms with Gasteiger partial charge in [-0.2, -0.15) is 0 Å². The lowest BCUT2D eigenvalue weighted by Crippen LogP contribution is -2.44. The third-order valence-electron chi connectivity index (χ3n) is 3.84. The highest BCUT2D eigenvalue weighted by Gasteiger charge is 2.28. The van der Waals surface area contributed by atoms with Crippen LogP contribution in [0.5, 0.6) is 11.5 Å². The number of nitrogens with zero attached hydrogens (tertiary/aromatic N) is 1. The molecule has 1 aromatic rings. The van der Waals surface area contributed by atoms with Gasteiger partial charge >= 0.3 is 0 Å². The first kappa shape index (κ1) is 15.4. The summed E-state index contributed by atoms with van der Waals surface area (Å²) in [4.78, 5) is 25.7. The van der Waals surface area contributed by atoms with E-state index in [9.17, 15) is 14.7 Å². The molecule has 1 aromatic carbocycles. The van der Waals surface area contributed by atoms with Crippen molar-refractivity contribution in [1.29, 1.82) is 0 Å². The van der Waals surface area contributed by atoms with Gasteiger partial charge < -0.3 is 14.7 Å². The van der Waals surface area contributed by atoms with Gasteiger partial charge in [0.2, 0.25) is 0 Å². The molecule has 0 aliphatic carbocycles. The fourth-order valence-electron chi connectivity index (χ4n) is 2.80. The Labute approximate surface area is 124 Å². The van der Waals surface area contributed by atoms with E-state index in [1.807, 2.05) is 0 Å². The van der Waals surface area contributed by atoms with Crippen molar-refractivity contribution in [3.8, 4) is 11.5 Å². The van der Waals surface area contributed by atoms with Crippen molar-refractivity contribution in [1.82, 2.24) is 4.90 Å². The maximum Gasteiger partial charge on any atom is 0.254 e. The van der Waals surface area contributed by atoms with E-state index in [0.717, 1.165) is 19.3 Å². The van der Waals surface area contributed by atoms with Crippen LogP contribution in [0, 0.1) is 0 Å². The van der Waals surface area contributed by atoms with Crippen LogP contribution in [0.3, 0.4) is 0 Å². The molecule has 1 heterocycles. The van der Waals surface area contributed by atoms with Crippen LogP contribution in [0.1, 0.15) is 43.0 Å². The van der Waals surface area contributed by atoms with Crippen LogP contribution in [0.2, 0.25) is 0 Å². The number of ether oxygens (including phenoxy) is 1. The molecule has 1 amide bonds. The van der Waals surface area contributed by atoms with Crippen molar-refractivity contribution < 1.29 is 19.4 Å². The van der Waals surface area contributed by atoms with Gasteiger partial charge in [-0.3, -0.25) is 9.59 Å². The zero-order valence-corrected chi connectivity index (χ0v) is 12.5. The molecule has 1 fully saturated rings. The van der Waals surface area contributed by atoms with E-state index in [-0.39, 0.29) is 23.5 Å². The van der Waals surface area contributed by atoms with Crippen LogP contribution in [-0.2, 0) is 4.79 Å². The fraction of sp³-hybridized carbons (Fsp3) is 0.500. The molecule has 0 radical (unpaired) electrons. The first-order valence-corrected chi connectivity index (χ1v) is 7.20. The molecule has 1 N–H and O–H groups in total. The molecule has 0 saturated carbocycles. The zero-order valence-electron chi connectivity index (χ0n) is 12.5. The molecule has 1 aliphatic rings. The molecule has 1 atom stereocenters. The maximum atomic E-state index is 12.6. The fourth-order valence-corrected chi connectivity index (χ4v) is 2.80. The molecule has 5 nitrogen and oxygen atoms in total. The minimum Gasteiger partial charge on any atom is -0.504 e. The number of ketones is 1. The minimum atomic E-state index is -0.140. The topological polar surface area (TPSA) is 66.8 Å². The number of carbonyl (C=O) groups is 2. The highest BCUT2D eigenvalue weighted by molar-refractivity contribution is 5.95. The molecular weight excluding hydrogens is 270 g/mol. The second kappa shape index (κ2) is 6.61. The number of likely N-dealkylation sites (tertiary alicyclic amines) is 1. The quantitative estimate of drug-likeness (QED) is 0.925. The highest BCUT2D eigenvalue weighted by atomic mass is 16.5. The summed E-state index contributed by atoms with van der Waals surface area (Å²) < 4.78 is 4.98. The Morgan fingerprint density at radius 3 is 2.76 bits per heavy atom. The van der Waals surface area contributed by atoms with Gasteiger partial charge in [0.25, 0.3) is 5.91 Å². The van der Waals surface area contributed by atoms with Gasteiger partial charge in [-0.05, 0) is 44.4 Å². The Morgan fingerprint density at radius 2 is 2.14 bits per heavy atom. The van der Waals surface area contributed by atoms with Crippen LogP contribution < -0.4 is 4.74 Å². The number of aromatic hydroxyl groups is 1. The molecular formula is C16H21NO4. The third-order valence-corrected chi connectivity index (χ3v) is 3.84. The maximum absolute atomic E-state index is 12.6. The van der Waals surface area contributed by atoms with Gasteiger partial charge in [0, 0.05) is 24.6 Å². The molecule has 1 unspecified atom stereocenters. The monoisotopic (exact) mass is 291 g/mol. The largest absolute Gasteiger partial charge is 0.504 e. The average Bonchev–Trinajstić information content (AvgIpc) is 2.46. The molecule has 0 spiro atoms. The summed E-state index contributed by atoms with van der Waals surface area (Å²) in [5.41, 5.74) is 0.420. The number of rotatable bonds is 4. The summed E-state index contributed by atoms with van der Waals surface area (Å²) >= 11 is 0. The van der Waals surface area contributed by atoms with Crippen LogP contribution in [0.15, 0.2) is 18.2 Å². The lowest BCUT2D eigenvalue weighted by molar-refractivity contribution is -0.118. The van der Waals surface area contributed by atoms with Crippen LogP contribution in [-0.4, -0.2) is 41.4 Å². The number of Topliss-reactive ketones (excluding diaryl/α,β-unsaturated/α-hetero) is 1. The van der Waals surface area contributed by atoms with Gasteiger partial charge in [0.05, 0.1) is 7.11 Å². The van der Waals surface area contributed by atoms with Crippen LogP contribution in [0.4, 0.5) is 0 Å². The van der Waals surface area contributed by atoms with Crippen LogP contribution in [0.25, 0.3) is 0 Å². The highest BCUT2D eigenvalue weighted by Crippen LogP contribution is 2.28. The number of carbonyl (C=O) groups excluding carboxylic acids is 2. The van der Waals surface area contributed by atoms with Crippen molar-refractivity contribution in [3.05, 3.63) is 23.8 Å². The second-order valence-corrected chi connectivity index (χ2v) is 5.44. The zero-order chi connectivity index (χ0) is 15.4. The number of piperidine rings is 1. The van der Waals surface area contributed by atoms with Crippen molar-refractivity contribution in [2.75, 3.05) is 13.7 Å². The first-order valence-electron chi connectivity index (χ1n) is 7.20. The molecule has 114 valence electrons. The number of amides is 1. The number of hydrogen-bond acceptors (Lipinski definition) is 4. The van der Waals surface area contributed by atoms with Gasteiger partial charge in [-0.1, -0.05) is 0 Å². The van der Waals surface area contributed by atoms with E-state index < -0.39 is 0 Å². The lowest BCUT2D eigenvalue weighted by atomic mass is 9.96. The number of hydrogen-bond donors (Lipinski definition) is 1. The smallest absolute Gasteiger partial charge is 0.254 e. The SMILES string of the molecule is COc1ccc(C(=O)N2CCCCC2CC(C)=O)cc1O. The Bertz CT molecular complexity index is 541. The number of benzene rings is 1. The molecule has 5 heteroatoms. The first-order chi connectivity index (χ1) is 10.0. The Hall–Kier alpha value is -2.04. The molecule has 1 aliphatic heterocycles. The molecule has 0 aromatic heterocycles. The Kier molecular flexibility index (Phi) is 4.83. The summed E-state index contributed by atoms with van der Waals surface area (Å²) in [6, 6.07) is 4.60. The van der Waals surface area contributed by atoms with E-state index in [0.29, 0.717) is 24.3 Å². The summed E-state index contributed by atoms with van der Waals surface area (Å²) in [5, 5.41) is 9.80. The standard InChI is InChI=1S/C16H21NO4/c1-11(18)9-13-5-3-4-8-17(13)16(20)12-6-7-15(21-2)14(19)10-12/h6-7,10,13,19H,3-5,8-9H2,1-2H3. The van der Waals surface area contributed by atoms with Gasteiger partial charge in [0.15, 0.2) is 11.5 Å². The second-order valence-electron chi connectivity index (χ2n) is 5.44. The van der Waals surface area contributed by atoms with Crippen molar-refractivity contribution in [2.24, 2.45) is 0 Å². The molecule has 0 bridgehead atoms. The minimum absolute atomic E-state index is 0.0343. The van der Waals surface area contributed by atoms with Gasteiger partial charge in [-0.15, -0.1) is 0 Å². The van der Waals surface area contributed by atoms with E-state index >= 15 is 0 Å². The van der Waals surface area contributed by atoms with E-state index in [1.54, 1.807) is 24.0 Å². The summed E-state index contributed by atoms with van der Waals surface area (Å²) in [6.07, 6.45) is 3.24. The number of phenols is 1. The van der Waals surface area contributed by atoms with Crippen molar-refractivity contribution >= 4 is 11.7 Å². The third kappa shape index (κ3) is 3.54. The number of phenolic OH excluding ortho intramolecular Hbond substituents is 1. The van der Waals surface area contributed by atoms with Crippen molar-refractivity contribution in [2.45, 2.75) is 38.6 Å². The summed E-state index contributed by atoms with van der Waals surface area (Å²) in [6.45, 7) is 2.21. The van der Waals surface area contributed by atoms with Crippen molar-refractivity contribution in [3.63, 3.8) is 0 Å². The predicted octanol–water partition coefficient (Wildman–Crippen LogP) is 2.37. The Morgan fingerprint density at radius 1 is 1.38 bits per heavy atom. The van der Waals surface area contributed by atoms with E-state index in [2.05, 4.69) is 0 Å². The number of methoxy groups -OCH3 is 1. The molecule has 21 heavy (non-hydrogen) atoms. The normalized spacial score (nSPS) is 18.4. The predicted molar refractivity (Wildman–Crippen MR) is 78.6 cm³/mol. The van der Waals surface area contributed by atoms with Crippen LogP contribution >= 0.6 is 0 Å². The van der Waals surface area contributed by atoms with Gasteiger partial charge in [0.1, 0.15) is 5.78 Å². The van der Waals surface area contributed by atoms with E-state index in [4.69, 9.17) is 4.74 Å². The van der Waals surface area contributed by atoms with Gasteiger partial charge in [-0.25, -0.2) is 0 Å². The lowest BCUT2D eigenvalue weighted by Gasteiger charge is -2.35. The summed E-state index contributed by atoms with van der Waals surface area (Å²) in [7, 11) is 1.46. The van der Waals surface area contributed by atoms with E-state index in [1.165, 1.54) is 13.2 Å². The molecule has 2 rings (SSSR count).